The molecule has 2 aromatic rings. The Balaban J connectivity index is 1.87. The van der Waals surface area contributed by atoms with Gasteiger partial charge in [-0.15, -0.1) is 0 Å². The molecule has 1 saturated heterocycles. The molecule has 1 N–H and O–H groups in total. The molecule has 0 bridgehead atoms. The lowest BCUT2D eigenvalue weighted by molar-refractivity contribution is 0.184. The van der Waals surface area contributed by atoms with Crippen LogP contribution in [0.5, 0.6) is 5.75 Å². The van der Waals surface area contributed by atoms with Gasteiger partial charge in [0.15, 0.2) is 0 Å². The summed E-state index contributed by atoms with van der Waals surface area (Å²) < 4.78 is 5.44. The molecule has 1 fully saturated rings. The van der Waals surface area contributed by atoms with E-state index in [1.807, 2.05) is 12.1 Å². The summed E-state index contributed by atoms with van der Waals surface area (Å²) in [6.45, 7) is 3.68. The number of benzene rings is 1. The quantitative estimate of drug-likeness (QED) is 0.873. The number of methoxy groups -OCH3 is 1. The van der Waals surface area contributed by atoms with Crippen molar-refractivity contribution in [1.29, 1.82) is 0 Å². The van der Waals surface area contributed by atoms with Crippen LogP contribution in [0.2, 0.25) is 0 Å². The fourth-order valence-electron chi connectivity index (χ4n) is 2.47. The number of hydrogen-bond acceptors (Lipinski definition) is 2. The summed E-state index contributed by atoms with van der Waals surface area (Å²) in [4.78, 5) is 5.82. The molecule has 0 spiro atoms. The van der Waals surface area contributed by atoms with Crippen molar-refractivity contribution in [3.8, 4) is 5.75 Å². The Morgan fingerprint density at radius 1 is 1.35 bits per heavy atom. The number of ether oxygens (including phenoxy) is 1. The number of aromatic amines is 1. The number of aromatic nitrogens is 1. The van der Waals surface area contributed by atoms with Gasteiger partial charge in [0, 0.05) is 23.6 Å². The highest BCUT2D eigenvalue weighted by Gasteiger charge is 2.15. The SMILES string of the molecule is COc1cccc2[nH]cc(CCN3CCC3)c12. The van der Waals surface area contributed by atoms with E-state index in [0.29, 0.717) is 0 Å². The van der Waals surface area contributed by atoms with Gasteiger partial charge in [0.05, 0.1) is 7.11 Å². The second-order valence-corrected chi connectivity index (χ2v) is 4.64. The molecule has 1 aromatic heterocycles. The van der Waals surface area contributed by atoms with E-state index in [1.54, 1.807) is 7.11 Å². The number of likely N-dealkylation sites (tertiary alicyclic amines) is 1. The van der Waals surface area contributed by atoms with Crippen molar-refractivity contribution in [3.05, 3.63) is 30.0 Å². The van der Waals surface area contributed by atoms with Gasteiger partial charge < -0.3 is 14.6 Å². The van der Waals surface area contributed by atoms with Gasteiger partial charge in [-0.3, -0.25) is 0 Å². The van der Waals surface area contributed by atoms with Gasteiger partial charge in [0.1, 0.15) is 5.75 Å². The molecule has 0 unspecified atom stereocenters. The molecule has 3 rings (SSSR count). The maximum atomic E-state index is 5.44. The molecule has 0 aliphatic carbocycles. The molecule has 2 heterocycles. The van der Waals surface area contributed by atoms with Crippen molar-refractivity contribution in [2.75, 3.05) is 26.7 Å². The zero-order valence-corrected chi connectivity index (χ0v) is 10.2. The molecule has 0 amide bonds. The number of nitrogens with zero attached hydrogens (tertiary/aromatic N) is 1. The molecule has 1 aromatic carbocycles. The monoisotopic (exact) mass is 230 g/mol. The molecule has 0 saturated carbocycles. The largest absolute Gasteiger partial charge is 0.496 e. The molecule has 90 valence electrons. The molecule has 1 aliphatic rings. The molecule has 3 nitrogen and oxygen atoms in total. The summed E-state index contributed by atoms with van der Waals surface area (Å²) in [5, 5.41) is 1.25. The minimum atomic E-state index is 0.974. The lowest BCUT2D eigenvalue weighted by atomic mass is 10.1. The van der Waals surface area contributed by atoms with Crippen LogP contribution in [0.25, 0.3) is 10.9 Å². The summed E-state index contributed by atoms with van der Waals surface area (Å²) in [6, 6.07) is 6.16. The Morgan fingerprint density at radius 3 is 2.94 bits per heavy atom. The number of hydrogen-bond donors (Lipinski definition) is 1. The second-order valence-electron chi connectivity index (χ2n) is 4.64. The van der Waals surface area contributed by atoms with Crippen molar-refractivity contribution >= 4 is 10.9 Å². The number of H-pyrrole nitrogens is 1. The van der Waals surface area contributed by atoms with Crippen molar-refractivity contribution in [2.45, 2.75) is 12.8 Å². The Labute approximate surface area is 101 Å². The summed E-state index contributed by atoms with van der Waals surface area (Å²) in [7, 11) is 1.74. The van der Waals surface area contributed by atoms with Crippen LogP contribution in [-0.2, 0) is 6.42 Å². The molecule has 0 atom stereocenters. The first-order chi connectivity index (χ1) is 8.38. The number of fused-ring (bicyclic) bond motifs is 1. The van der Waals surface area contributed by atoms with Crippen molar-refractivity contribution in [1.82, 2.24) is 9.88 Å². The maximum absolute atomic E-state index is 5.44. The van der Waals surface area contributed by atoms with E-state index in [-0.39, 0.29) is 0 Å². The summed E-state index contributed by atoms with van der Waals surface area (Å²) in [5.74, 6) is 0.974. The molecule has 0 radical (unpaired) electrons. The van der Waals surface area contributed by atoms with Crippen molar-refractivity contribution in [3.63, 3.8) is 0 Å². The van der Waals surface area contributed by atoms with Crippen LogP contribution >= 0.6 is 0 Å². The standard InChI is InChI=1S/C14H18N2O/c1-17-13-5-2-4-12-14(13)11(10-15-12)6-9-16-7-3-8-16/h2,4-5,10,15H,3,6-9H2,1H3. The third-order valence-corrected chi connectivity index (χ3v) is 3.62. The van der Waals surface area contributed by atoms with Gasteiger partial charge in [-0.25, -0.2) is 0 Å². The van der Waals surface area contributed by atoms with E-state index < -0.39 is 0 Å². The highest BCUT2D eigenvalue weighted by molar-refractivity contribution is 5.89. The third kappa shape index (κ3) is 1.91. The number of nitrogens with one attached hydrogen (secondary N) is 1. The van der Waals surface area contributed by atoms with Crippen LogP contribution in [0.15, 0.2) is 24.4 Å². The molecule has 1 aliphatic heterocycles. The molecular formula is C14H18N2O. The Hall–Kier alpha value is -1.48. The van der Waals surface area contributed by atoms with Crippen LogP contribution in [0.3, 0.4) is 0 Å². The van der Waals surface area contributed by atoms with E-state index in [0.717, 1.165) is 18.7 Å². The van der Waals surface area contributed by atoms with E-state index in [1.165, 1.54) is 36.0 Å². The van der Waals surface area contributed by atoms with Gasteiger partial charge in [-0.2, -0.15) is 0 Å². The lowest BCUT2D eigenvalue weighted by Crippen LogP contribution is -2.38. The van der Waals surface area contributed by atoms with Gasteiger partial charge in [0.25, 0.3) is 0 Å². The lowest BCUT2D eigenvalue weighted by Gasteiger charge is -2.30. The fraction of sp³-hybridized carbons (Fsp3) is 0.429. The molecular weight excluding hydrogens is 212 g/mol. The fourth-order valence-corrected chi connectivity index (χ4v) is 2.47. The first-order valence-electron chi connectivity index (χ1n) is 6.24. The van der Waals surface area contributed by atoms with Crippen LogP contribution < -0.4 is 4.74 Å². The molecule has 3 heteroatoms. The van der Waals surface area contributed by atoms with Crippen LogP contribution in [0.1, 0.15) is 12.0 Å². The highest BCUT2D eigenvalue weighted by Crippen LogP contribution is 2.29. The predicted molar refractivity (Wildman–Crippen MR) is 69.6 cm³/mol. The van der Waals surface area contributed by atoms with Gasteiger partial charge >= 0.3 is 0 Å². The third-order valence-electron chi connectivity index (χ3n) is 3.62. The normalized spacial score (nSPS) is 16.1. The van der Waals surface area contributed by atoms with Gasteiger partial charge in [-0.1, -0.05) is 6.07 Å². The summed E-state index contributed by atoms with van der Waals surface area (Å²) in [6.07, 6.45) is 4.57. The minimum absolute atomic E-state index is 0.974. The first kappa shape index (κ1) is 10.7. The zero-order chi connectivity index (χ0) is 11.7. The summed E-state index contributed by atoms with van der Waals surface area (Å²) >= 11 is 0. The Kier molecular flexibility index (Phi) is 2.77. The van der Waals surface area contributed by atoms with Crippen LogP contribution in [0.4, 0.5) is 0 Å². The van der Waals surface area contributed by atoms with Crippen LogP contribution in [-0.4, -0.2) is 36.6 Å². The van der Waals surface area contributed by atoms with E-state index in [4.69, 9.17) is 4.74 Å². The number of rotatable bonds is 4. The highest BCUT2D eigenvalue weighted by atomic mass is 16.5. The maximum Gasteiger partial charge on any atom is 0.128 e. The van der Waals surface area contributed by atoms with E-state index in [9.17, 15) is 0 Å². The predicted octanol–water partition coefficient (Wildman–Crippen LogP) is 2.42. The molecule has 17 heavy (non-hydrogen) atoms. The van der Waals surface area contributed by atoms with Gasteiger partial charge in [-0.05, 0) is 43.6 Å². The van der Waals surface area contributed by atoms with E-state index >= 15 is 0 Å². The van der Waals surface area contributed by atoms with Gasteiger partial charge in [0.2, 0.25) is 0 Å². The van der Waals surface area contributed by atoms with E-state index in [2.05, 4.69) is 22.1 Å². The smallest absolute Gasteiger partial charge is 0.128 e. The summed E-state index contributed by atoms with van der Waals surface area (Å²) in [5.41, 5.74) is 2.53. The van der Waals surface area contributed by atoms with Crippen LogP contribution in [0, 0.1) is 0 Å². The first-order valence-corrected chi connectivity index (χ1v) is 6.24. The van der Waals surface area contributed by atoms with Crippen molar-refractivity contribution < 1.29 is 4.74 Å². The zero-order valence-electron chi connectivity index (χ0n) is 10.2. The Bertz CT molecular complexity index is 514. The minimum Gasteiger partial charge on any atom is -0.496 e. The second kappa shape index (κ2) is 4.41. The average molecular weight is 230 g/mol. The Morgan fingerprint density at radius 2 is 2.24 bits per heavy atom. The average Bonchev–Trinajstić information content (AvgIpc) is 2.70. The topological polar surface area (TPSA) is 28.3 Å². The van der Waals surface area contributed by atoms with Crippen molar-refractivity contribution in [2.24, 2.45) is 0 Å².